The molecule has 0 bridgehead atoms. The summed E-state index contributed by atoms with van der Waals surface area (Å²) >= 11 is 0. The Morgan fingerprint density at radius 1 is 1.08 bits per heavy atom. The van der Waals surface area contributed by atoms with Gasteiger partial charge in [-0.1, -0.05) is 56.0 Å². The summed E-state index contributed by atoms with van der Waals surface area (Å²) in [5.41, 5.74) is 6.34. The Bertz CT molecular complexity index is 691. The zero-order valence-electron chi connectivity index (χ0n) is 14.1. The third kappa shape index (κ3) is 4.26. The van der Waals surface area contributed by atoms with E-state index >= 15 is 0 Å². The monoisotopic (exact) mass is 326 g/mol. The fourth-order valence-corrected chi connectivity index (χ4v) is 3.51. The minimum atomic E-state index is -0.453. The summed E-state index contributed by atoms with van der Waals surface area (Å²) in [6.45, 7) is 0.662. The van der Waals surface area contributed by atoms with Crippen LogP contribution in [0.4, 0.5) is 0 Å². The Morgan fingerprint density at radius 2 is 1.83 bits per heavy atom. The molecule has 0 aliphatic heterocycles. The van der Waals surface area contributed by atoms with E-state index in [1.807, 2.05) is 24.3 Å². The average Bonchev–Trinajstić information content (AvgIpc) is 2.87. The number of carbonyl (C=O) groups is 1. The van der Waals surface area contributed by atoms with Crippen molar-refractivity contribution in [1.29, 1.82) is 0 Å². The van der Waals surface area contributed by atoms with Gasteiger partial charge in [-0.25, -0.2) is 0 Å². The van der Waals surface area contributed by atoms with Crippen molar-refractivity contribution in [2.24, 2.45) is 5.73 Å². The standard InChI is InChI=1S/C20H26N2O2/c21-20(23)14-24-19-12-11-15-7-5-6-10-17(15)18(19)13-22-16-8-3-1-2-4-9-16/h5-7,10-12,16,22H,1-4,8-9,13-14H2,(H2,21,23). The van der Waals surface area contributed by atoms with Crippen molar-refractivity contribution < 1.29 is 9.53 Å². The summed E-state index contributed by atoms with van der Waals surface area (Å²) < 4.78 is 5.66. The molecule has 3 rings (SSSR count). The maximum atomic E-state index is 11.1. The highest BCUT2D eigenvalue weighted by molar-refractivity contribution is 5.88. The number of hydrogen-bond acceptors (Lipinski definition) is 3. The molecule has 1 amide bonds. The van der Waals surface area contributed by atoms with Gasteiger partial charge in [0, 0.05) is 18.2 Å². The predicted octanol–water partition coefficient (Wildman–Crippen LogP) is 3.52. The Labute approximate surface area is 143 Å². The Kier molecular flexibility index (Phi) is 5.70. The van der Waals surface area contributed by atoms with E-state index in [0.29, 0.717) is 6.04 Å². The Hall–Kier alpha value is -2.07. The zero-order chi connectivity index (χ0) is 16.8. The number of hydrogen-bond donors (Lipinski definition) is 2. The van der Waals surface area contributed by atoms with Crippen LogP contribution in [0, 0.1) is 0 Å². The lowest BCUT2D eigenvalue weighted by atomic mass is 10.0. The highest BCUT2D eigenvalue weighted by Crippen LogP contribution is 2.29. The molecule has 3 N–H and O–H groups in total. The van der Waals surface area contributed by atoms with Crippen LogP contribution in [0.25, 0.3) is 10.8 Å². The molecule has 4 nitrogen and oxygen atoms in total. The molecule has 0 radical (unpaired) electrons. The summed E-state index contributed by atoms with van der Waals surface area (Å²) in [5.74, 6) is 0.291. The molecular weight excluding hydrogens is 300 g/mol. The fraction of sp³-hybridized carbons (Fsp3) is 0.450. The van der Waals surface area contributed by atoms with Gasteiger partial charge >= 0.3 is 0 Å². The average molecular weight is 326 g/mol. The fourth-order valence-electron chi connectivity index (χ4n) is 3.51. The molecule has 128 valence electrons. The summed E-state index contributed by atoms with van der Waals surface area (Å²) in [7, 11) is 0. The molecule has 1 aliphatic rings. The normalized spacial score (nSPS) is 16.0. The number of ether oxygens (including phenoxy) is 1. The van der Waals surface area contributed by atoms with Crippen molar-refractivity contribution in [2.45, 2.75) is 51.1 Å². The first-order valence-electron chi connectivity index (χ1n) is 8.89. The molecule has 2 aromatic carbocycles. The van der Waals surface area contributed by atoms with Crippen molar-refractivity contribution >= 4 is 16.7 Å². The van der Waals surface area contributed by atoms with Crippen LogP contribution < -0.4 is 15.8 Å². The third-order valence-electron chi connectivity index (χ3n) is 4.79. The highest BCUT2D eigenvalue weighted by atomic mass is 16.5. The van der Waals surface area contributed by atoms with Gasteiger partial charge < -0.3 is 15.8 Å². The van der Waals surface area contributed by atoms with Crippen molar-refractivity contribution in [3.05, 3.63) is 42.0 Å². The molecule has 0 atom stereocenters. The van der Waals surface area contributed by atoms with Crippen LogP contribution in [-0.4, -0.2) is 18.6 Å². The number of amides is 1. The van der Waals surface area contributed by atoms with Crippen LogP contribution in [0.3, 0.4) is 0 Å². The molecule has 1 aliphatic carbocycles. The molecule has 0 aromatic heterocycles. The van der Waals surface area contributed by atoms with E-state index in [2.05, 4.69) is 17.4 Å². The van der Waals surface area contributed by atoms with Gasteiger partial charge in [-0.2, -0.15) is 0 Å². The van der Waals surface area contributed by atoms with Gasteiger partial charge in [-0.3, -0.25) is 4.79 Å². The smallest absolute Gasteiger partial charge is 0.255 e. The van der Waals surface area contributed by atoms with Crippen LogP contribution in [0.5, 0.6) is 5.75 Å². The Morgan fingerprint density at radius 3 is 2.58 bits per heavy atom. The largest absolute Gasteiger partial charge is 0.483 e. The SMILES string of the molecule is NC(=O)COc1ccc2ccccc2c1CNC1CCCCCC1. The van der Waals surface area contributed by atoms with Crippen LogP contribution in [0.15, 0.2) is 36.4 Å². The van der Waals surface area contributed by atoms with Crippen LogP contribution >= 0.6 is 0 Å². The molecule has 0 unspecified atom stereocenters. The van der Waals surface area contributed by atoms with Crippen LogP contribution in [0.2, 0.25) is 0 Å². The number of rotatable bonds is 6. The van der Waals surface area contributed by atoms with Crippen molar-refractivity contribution in [1.82, 2.24) is 5.32 Å². The van der Waals surface area contributed by atoms with Crippen molar-refractivity contribution in [2.75, 3.05) is 6.61 Å². The summed E-state index contributed by atoms with van der Waals surface area (Å²) in [6.07, 6.45) is 7.78. The molecule has 0 heterocycles. The third-order valence-corrected chi connectivity index (χ3v) is 4.79. The van der Waals surface area contributed by atoms with E-state index in [0.717, 1.165) is 17.9 Å². The van der Waals surface area contributed by atoms with Gasteiger partial charge in [-0.05, 0) is 29.7 Å². The number of fused-ring (bicyclic) bond motifs is 1. The minimum Gasteiger partial charge on any atom is -0.483 e. The van der Waals surface area contributed by atoms with Gasteiger partial charge in [0.1, 0.15) is 5.75 Å². The first-order chi connectivity index (χ1) is 11.7. The maximum Gasteiger partial charge on any atom is 0.255 e. The topological polar surface area (TPSA) is 64.4 Å². The van der Waals surface area contributed by atoms with Gasteiger partial charge in [0.15, 0.2) is 6.61 Å². The second-order valence-electron chi connectivity index (χ2n) is 6.59. The maximum absolute atomic E-state index is 11.1. The van der Waals surface area contributed by atoms with E-state index in [1.165, 1.54) is 49.3 Å². The zero-order valence-corrected chi connectivity index (χ0v) is 14.1. The van der Waals surface area contributed by atoms with E-state index in [1.54, 1.807) is 0 Å². The molecular formula is C20H26N2O2. The second-order valence-corrected chi connectivity index (χ2v) is 6.59. The van der Waals surface area contributed by atoms with Gasteiger partial charge in [0.05, 0.1) is 0 Å². The van der Waals surface area contributed by atoms with E-state index in [-0.39, 0.29) is 6.61 Å². The molecule has 2 aromatic rings. The molecule has 1 saturated carbocycles. The van der Waals surface area contributed by atoms with E-state index in [4.69, 9.17) is 10.5 Å². The van der Waals surface area contributed by atoms with Crippen LogP contribution in [0.1, 0.15) is 44.1 Å². The van der Waals surface area contributed by atoms with E-state index in [9.17, 15) is 4.79 Å². The highest BCUT2D eigenvalue weighted by Gasteiger charge is 2.14. The molecule has 24 heavy (non-hydrogen) atoms. The number of nitrogens with one attached hydrogen (secondary N) is 1. The summed E-state index contributed by atoms with van der Waals surface area (Å²) in [4.78, 5) is 11.1. The molecule has 0 spiro atoms. The first-order valence-corrected chi connectivity index (χ1v) is 8.89. The lowest BCUT2D eigenvalue weighted by Gasteiger charge is -2.19. The van der Waals surface area contributed by atoms with Gasteiger partial charge in [-0.15, -0.1) is 0 Å². The van der Waals surface area contributed by atoms with Crippen molar-refractivity contribution in [3.63, 3.8) is 0 Å². The van der Waals surface area contributed by atoms with Crippen molar-refractivity contribution in [3.8, 4) is 5.75 Å². The van der Waals surface area contributed by atoms with E-state index < -0.39 is 5.91 Å². The summed E-state index contributed by atoms with van der Waals surface area (Å²) in [6, 6.07) is 12.8. The number of nitrogens with two attached hydrogens (primary N) is 1. The van der Waals surface area contributed by atoms with Gasteiger partial charge in [0.25, 0.3) is 5.91 Å². The number of carbonyl (C=O) groups excluding carboxylic acids is 1. The molecule has 0 saturated heterocycles. The predicted molar refractivity (Wildman–Crippen MR) is 97.0 cm³/mol. The molecule has 1 fully saturated rings. The second kappa shape index (κ2) is 8.15. The van der Waals surface area contributed by atoms with Crippen LogP contribution in [-0.2, 0) is 11.3 Å². The first kappa shape index (κ1) is 16.8. The number of benzene rings is 2. The lowest BCUT2D eigenvalue weighted by Crippen LogP contribution is -2.28. The number of primary amides is 1. The minimum absolute atomic E-state index is 0.0885. The summed E-state index contributed by atoms with van der Waals surface area (Å²) in [5, 5.41) is 6.05. The molecule has 4 heteroatoms. The quantitative estimate of drug-likeness (QED) is 0.798. The lowest BCUT2D eigenvalue weighted by molar-refractivity contribution is -0.119. The Balaban J connectivity index is 1.81. The van der Waals surface area contributed by atoms with Gasteiger partial charge in [0.2, 0.25) is 0 Å².